The normalized spacial score (nSPS) is 14.1. The fourth-order valence-corrected chi connectivity index (χ4v) is 1.89. The molecule has 1 atom stereocenters. The Bertz CT molecular complexity index is 82.0. The van der Waals surface area contributed by atoms with Crippen molar-refractivity contribution in [2.24, 2.45) is 17.4 Å². The Morgan fingerprint density at radius 2 is 1.90 bits per heavy atom. The number of nitrogens with two attached hydrogens (primary N) is 2. The van der Waals surface area contributed by atoms with Gasteiger partial charge in [-0.3, -0.25) is 0 Å². The second kappa shape index (κ2) is 5.81. The van der Waals surface area contributed by atoms with Crippen LogP contribution in [0.3, 0.4) is 0 Å². The fraction of sp³-hybridized carbons (Fsp3) is 1.00. The summed E-state index contributed by atoms with van der Waals surface area (Å²) in [5.41, 5.74) is 10.6. The van der Waals surface area contributed by atoms with Crippen molar-refractivity contribution in [3.05, 3.63) is 0 Å². The smallest absolute Gasteiger partial charge is 0.316 e. The zero-order valence-electron chi connectivity index (χ0n) is 6.03. The van der Waals surface area contributed by atoms with Crippen molar-refractivity contribution in [1.82, 2.24) is 0 Å². The lowest BCUT2D eigenvalue weighted by Gasteiger charge is -2.12. The molecule has 4 nitrogen and oxygen atoms in total. The molecule has 0 amide bonds. The highest BCUT2D eigenvalue weighted by atomic mass is 28.3. The summed E-state index contributed by atoms with van der Waals surface area (Å²) < 4.78 is 0. The van der Waals surface area contributed by atoms with E-state index in [4.69, 9.17) is 21.1 Å². The first kappa shape index (κ1) is 10.1. The highest BCUT2D eigenvalue weighted by molar-refractivity contribution is 6.41. The van der Waals surface area contributed by atoms with Crippen LogP contribution in [-0.2, 0) is 0 Å². The third-order valence-corrected chi connectivity index (χ3v) is 2.54. The zero-order chi connectivity index (χ0) is 7.98. The number of hydrogen-bond donors (Lipinski definition) is 4. The predicted molar refractivity (Wildman–Crippen MR) is 42.6 cm³/mol. The van der Waals surface area contributed by atoms with E-state index in [1.165, 1.54) is 0 Å². The molecule has 0 bridgehead atoms. The summed E-state index contributed by atoms with van der Waals surface area (Å²) in [4.78, 5) is 17.4. The number of rotatable bonds is 5. The number of hydrogen-bond acceptors (Lipinski definition) is 4. The van der Waals surface area contributed by atoms with E-state index in [0.717, 1.165) is 6.42 Å². The molecule has 10 heavy (non-hydrogen) atoms. The Kier molecular flexibility index (Phi) is 5.85. The third kappa shape index (κ3) is 4.89. The van der Waals surface area contributed by atoms with Gasteiger partial charge in [0.05, 0.1) is 0 Å². The summed E-state index contributed by atoms with van der Waals surface area (Å²) in [5.74, 6) is 0.205. The van der Waals surface area contributed by atoms with Crippen molar-refractivity contribution < 1.29 is 9.59 Å². The lowest BCUT2D eigenvalue weighted by Crippen LogP contribution is -2.24. The first-order valence-electron chi connectivity index (χ1n) is 3.47. The van der Waals surface area contributed by atoms with Gasteiger partial charge in [-0.15, -0.1) is 0 Å². The maximum Gasteiger partial charge on any atom is 0.316 e. The van der Waals surface area contributed by atoms with Gasteiger partial charge in [0.25, 0.3) is 0 Å². The Morgan fingerprint density at radius 3 is 2.20 bits per heavy atom. The van der Waals surface area contributed by atoms with Gasteiger partial charge < -0.3 is 21.1 Å². The summed E-state index contributed by atoms with van der Waals surface area (Å²) in [6.45, 7) is 1.07. The molecule has 0 aromatic heterocycles. The van der Waals surface area contributed by atoms with Crippen LogP contribution >= 0.6 is 0 Å². The molecule has 0 aliphatic carbocycles. The van der Waals surface area contributed by atoms with Crippen molar-refractivity contribution in [2.45, 2.75) is 12.5 Å². The van der Waals surface area contributed by atoms with Crippen molar-refractivity contribution >= 4 is 9.28 Å². The lowest BCUT2D eigenvalue weighted by atomic mass is 10.1. The van der Waals surface area contributed by atoms with E-state index in [0.29, 0.717) is 19.1 Å². The second-order valence-corrected chi connectivity index (χ2v) is 3.83. The fourth-order valence-electron chi connectivity index (χ4n) is 0.866. The monoisotopic (exact) mass is 164 g/mol. The molecule has 0 aromatic carbocycles. The molecule has 0 heterocycles. The van der Waals surface area contributed by atoms with Crippen LogP contribution in [0.1, 0.15) is 6.42 Å². The minimum absolute atomic E-state index is 0.205. The molecule has 6 N–H and O–H groups in total. The van der Waals surface area contributed by atoms with Crippen LogP contribution in [0.15, 0.2) is 0 Å². The van der Waals surface area contributed by atoms with E-state index in [1.807, 2.05) is 0 Å². The summed E-state index contributed by atoms with van der Waals surface area (Å²) in [7, 11) is -2.41. The minimum Gasteiger partial charge on any atom is -0.413 e. The third-order valence-electron chi connectivity index (χ3n) is 1.45. The van der Waals surface area contributed by atoms with Crippen LogP contribution in [0.2, 0.25) is 6.04 Å². The Morgan fingerprint density at radius 1 is 1.30 bits per heavy atom. The van der Waals surface area contributed by atoms with Crippen molar-refractivity contribution in [2.75, 3.05) is 13.1 Å². The van der Waals surface area contributed by atoms with Gasteiger partial charge >= 0.3 is 9.28 Å². The molecular weight excluding hydrogens is 148 g/mol. The SMILES string of the molecule is NCCC(CN)C[SiH](O)O. The quantitative estimate of drug-likeness (QED) is 0.358. The van der Waals surface area contributed by atoms with E-state index >= 15 is 0 Å². The Balaban J connectivity index is 3.39. The second-order valence-electron chi connectivity index (χ2n) is 2.40. The molecule has 0 radical (unpaired) electrons. The maximum atomic E-state index is 8.68. The van der Waals surface area contributed by atoms with Crippen LogP contribution in [0.5, 0.6) is 0 Å². The maximum absolute atomic E-state index is 8.68. The molecule has 0 saturated carbocycles. The molecule has 1 unspecified atom stereocenters. The standard InChI is InChI=1S/C5H16N2O2Si/c6-2-1-5(3-7)4-10(8)9/h5,8-10H,1-4,6-7H2. The molecule has 62 valence electrons. The predicted octanol–water partition coefficient (Wildman–Crippen LogP) is -1.88. The first-order valence-corrected chi connectivity index (χ1v) is 5.32. The molecule has 0 fully saturated rings. The van der Waals surface area contributed by atoms with Crippen LogP contribution in [0.4, 0.5) is 0 Å². The van der Waals surface area contributed by atoms with Gasteiger partial charge in [0.1, 0.15) is 0 Å². The highest BCUT2D eigenvalue weighted by Crippen LogP contribution is 2.06. The molecule has 0 rings (SSSR count). The van der Waals surface area contributed by atoms with E-state index in [1.54, 1.807) is 0 Å². The van der Waals surface area contributed by atoms with Gasteiger partial charge in [-0.1, -0.05) is 0 Å². The Labute approximate surface area is 62.7 Å². The molecule has 0 aliphatic rings. The summed E-state index contributed by atoms with van der Waals surface area (Å²) in [6.07, 6.45) is 0.793. The zero-order valence-corrected chi connectivity index (χ0v) is 7.19. The summed E-state index contributed by atoms with van der Waals surface area (Å²) in [6, 6.07) is 0.466. The lowest BCUT2D eigenvalue weighted by molar-refractivity contribution is 0.382. The van der Waals surface area contributed by atoms with E-state index < -0.39 is 9.28 Å². The van der Waals surface area contributed by atoms with Gasteiger partial charge in [0.15, 0.2) is 0 Å². The van der Waals surface area contributed by atoms with E-state index in [9.17, 15) is 0 Å². The average Bonchev–Trinajstić information content (AvgIpc) is 1.86. The molecular formula is C5H16N2O2Si. The van der Waals surface area contributed by atoms with Gasteiger partial charge in [0, 0.05) is 0 Å². The van der Waals surface area contributed by atoms with Gasteiger partial charge in [-0.2, -0.15) is 0 Å². The molecule has 0 aliphatic heterocycles. The van der Waals surface area contributed by atoms with Gasteiger partial charge in [0.2, 0.25) is 0 Å². The van der Waals surface area contributed by atoms with Gasteiger partial charge in [-0.05, 0) is 31.5 Å². The van der Waals surface area contributed by atoms with Crippen LogP contribution in [0.25, 0.3) is 0 Å². The van der Waals surface area contributed by atoms with Crippen molar-refractivity contribution in [3.8, 4) is 0 Å². The molecule has 5 heteroatoms. The molecule has 0 spiro atoms. The highest BCUT2D eigenvalue weighted by Gasteiger charge is 2.11. The van der Waals surface area contributed by atoms with Gasteiger partial charge in [-0.25, -0.2) is 0 Å². The Hall–Kier alpha value is 0.0569. The minimum atomic E-state index is -2.41. The topological polar surface area (TPSA) is 92.5 Å². The molecule has 0 saturated heterocycles. The van der Waals surface area contributed by atoms with E-state index in [2.05, 4.69) is 0 Å². The van der Waals surface area contributed by atoms with E-state index in [-0.39, 0.29) is 5.92 Å². The van der Waals surface area contributed by atoms with Crippen LogP contribution < -0.4 is 11.5 Å². The van der Waals surface area contributed by atoms with Crippen LogP contribution in [-0.4, -0.2) is 32.0 Å². The first-order chi connectivity index (χ1) is 4.70. The van der Waals surface area contributed by atoms with Crippen molar-refractivity contribution in [3.63, 3.8) is 0 Å². The summed E-state index contributed by atoms with van der Waals surface area (Å²) >= 11 is 0. The summed E-state index contributed by atoms with van der Waals surface area (Å²) in [5, 5.41) is 0. The average molecular weight is 164 g/mol. The van der Waals surface area contributed by atoms with Crippen LogP contribution in [0, 0.1) is 5.92 Å². The largest absolute Gasteiger partial charge is 0.413 e. The van der Waals surface area contributed by atoms with Crippen molar-refractivity contribution in [1.29, 1.82) is 0 Å². The molecule has 0 aromatic rings.